The van der Waals surface area contributed by atoms with Crippen LogP contribution >= 0.6 is 0 Å². The van der Waals surface area contributed by atoms with Gasteiger partial charge in [0.1, 0.15) is 13.2 Å². The molecule has 0 radical (unpaired) electrons. The number of carbonyl (C=O) groups is 3. The summed E-state index contributed by atoms with van der Waals surface area (Å²) in [4.78, 5) is 38.1. The normalized spacial score (nSPS) is 12.4. The number of esters is 3. The van der Waals surface area contributed by atoms with Crippen molar-refractivity contribution in [1.29, 1.82) is 0 Å². The average molecular weight is 962 g/mol. The van der Waals surface area contributed by atoms with Crippen molar-refractivity contribution in [2.75, 3.05) is 13.2 Å². The minimum Gasteiger partial charge on any atom is -0.462 e. The van der Waals surface area contributed by atoms with Crippen LogP contribution in [0.5, 0.6) is 0 Å². The molecule has 0 bridgehead atoms. The molecule has 6 heteroatoms. The SMILES string of the molecule is CCCCCCCCCCCC(=O)OC[C@@H](COC(=O)CCCCCCCCCCCCCCCCCCCCC(C)CC)OC(=O)CCCCCCCCCCCCCCCCCCC(C)C. The Balaban J connectivity index is 4.16. The van der Waals surface area contributed by atoms with Crippen LogP contribution in [0.2, 0.25) is 0 Å². The van der Waals surface area contributed by atoms with Crippen molar-refractivity contribution in [2.45, 2.75) is 355 Å². The molecular weight excluding hydrogens is 841 g/mol. The fourth-order valence-electron chi connectivity index (χ4n) is 9.55. The van der Waals surface area contributed by atoms with Gasteiger partial charge in [-0.2, -0.15) is 0 Å². The Kier molecular flexibility index (Phi) is 53.5. The van der Waals surface area contributed by atoms with Gasteiger partial charge in [-0.15, -0.1) is 0 Å². The standard InChI is InChI=1S/C62H120O6/c1-6-8-9-10-11-30-37-42-47-52-60(63)66-55-59(68-62(65)54-49-44-39-34-29-25-21-17-16-18-22-26-31-35-40-45-50-57(3)4)56-67-61(64)53-48-43-38-33-28-24-20-15-13-12-14-19-23-27-32-36-41-46-51-58(5)7-2/h57-59H,6-56H2,1-5H3/t58?,59-/m0/s1. The van der Waals surface area contributed by atoms with E-state index in [1.54, 1.807) is 0 Å². The molecule has 0 aromatic carbocycles. The van der Waals surface area contributed by atoms with Crippen molar-refractivity contribution in [3.63, 3.8) is 0 Å². The maximum atomic E-state index is 12.9. The highest BCUT2D eigenvalue weighted by atomic mass is 16.6. The lowest BCUT2D eigenvalue weighted by Crippen LogP contribution is -2.30. The van der Waals surface area contributed by atoms with E-state index < -0.39 is 6.10 Å². The van der Waals surface area contributed by atoms with Gasteiger partial charge in [0.2, 0.25) is 0 Å². The van der Waals surface area contributed by atoms with Gasteiger partial charge in [-0.05, 0) is 31.1 Å². The van der Waals surface area contributed by atoms with Gasteiger partial charge in [0.25, 0.3) is 0 Å². The van der Waals surface area contributed by atoms with Crippen LogP contribution in [0.1, 0.15) is 349 Å². The summed E-state index contributed by atoms with van der Waals surface area (Å²) in [5, 5.41) is 0. The van der Waals surface area contributed by atoms with E-state index >= 15 is 0 Å². The monoisotopic (exact) mass is 961 g/mol. The topological polar surface area (TPSA) is 78.9 Å². The van der Waals surface area contributed by atoms with Crippen LogP contribution in [0.15, 0.2) is 0 Å². The van der Waals surface area contributed by atoms with E-state index in [9.17, 15) is 14.4 Å². The van der Waals surface area contributed by atoms with Crippen molar-refractivity contribution in [2.24, 2.45) is 11.8 Å². The first-order chi connectivity index (χ1) is 33.3. The fraction of sp³-hybridized carbons (Fsp3) is 0.952. The summed E-state index contributed by atoms with van der Waals surface area (Å²) in [6, 6.07) is 0. The van der Waals surface area contributed by atoms with Crippen LogP contribution < -0.4 is 0 Å². The Labute approximate surface area is 425 Å². The van der Waals surface area contributed by atoms with E-state index in [2.05, 4.69) is 34.6 Å². The molecule has 404 valence electrons. The van der Waals surface area contributed by atoms with Gasteiger partial charge in [-0.3, -0.25) is 14.4 Å². The minimum absolute atomic E-state index is 0.0623. The van der Waals surface area contributed by atoms with Crippen molar-refractivity contribution < 1.29 is 28.6 Å². The third kappa shape index (κ3) is 53.8. The Morgan fingerprint density at radius 3 is 0.838 bits per heavy atom. The van der Waals surface area contributed by atoms with Gasteiger partial charge in [-0.25, -0.2) is 0 Å². The highest BCUT2D eigenvalue weighted by molar-refractivity contribution is 5.71. The van der Waals surface area contributed by atoms with Crippen LogP contribution in [0.3, 0.4) is 0 Å². The second-order valence-electron chi connectivity index (χ2n) is 22.1. The van der Waals surface area contributed by atoms with Crippen molar-refractivity contribution >= 4 is 17.9 Å². The smallest absolute Gasteiger partial charge is 0.306 e. The third-order valence-electron chi connectivity index (χ3n) is 14.6. The maximum absolute atomic E-state index is 12.9. The number of rotatable bonds is 56. The summed E-state index contributed by atoms with van der Waals surface area (Å²) in [6.45, 7) is 11.5. The molecule has 0 spiro atoms. The quantitative estimate of drug-likeness (QED) is 0.0343. The molecule has 0 N–H and O–H groups in total. The molecule has 0 amide bonds. The van der Waals surface area contributed by atoms with Crippen molar-refractivity contribution in [3.05, 3.63) is 0 Å². The van der Waals surface area contributed by atoms with Crippen LogP contribution in [0.25, 0.3) is 0 Å². The lowest BCUT2D eigenvalue weighted by atomic mass is 9.99. The number of hydrogen-bond donors (Lipinski definition) is 0. The second kappa shape index (κ2) is 54.7. The predicted octanol–water partition coefficient (Wildman–Crippen LogP) is 20.4. The Morgan fingerprint density at radius 2 is 0.559 bits per heavy atom. The third-order valence-corrected chi connectivity index (χ3v) is 14.6. The molecule has 0 aliphatic rings. The van der Waals surface area contributed by atoms with Gasteiger partial charge in [0.15, 0.2) is 6.10 Å². The summed E-state index contributed by atoms with van der Waals surface area (Å²) in [5.74, 6) is 0.924. The maximum Gasteiger partial charge on any atom is 0.306 e. The van der Waals surface area contributed by atoms with Crippen LogP contribution in [0, 0.1) is 11.8 Å². The summed E-state index contributed by atoms with van der Waals surface area (Å²) in [6.07, 6.45) is 59.6. The molecular formula is C62H120O6. The van der Waals surface area contributed by atoms with Crippen molar-refractivity contribution in [3.8, 4) is 0 Å². The first-order valence-electron chi connectivity index (χ1n) is 30.8. The molecule has 0 aromatic heterocycles. The zero-order chi connectivity index (χ0) is 49.6. The Morgan fingerprint density at radius 1 is 0.309 bits per heavy atom. The highest BCUT2D eigenvalue weighted by Crippen LogP contribution is 2.19. The summed E-state index contributed by atoms with van der Waals surface area (Å²) in [7, 11) is 0. The van der Waals surface area contributed by atoms with Crippen LogP contribution in [0.4, 0.5) is 0 Å². The zero-order valence-corrected chi connectivity index (χ0v) is 46.7. The molecule has 0 heterocycles. The molecule has 68 heavy (non-hydrogen) atoms. The first-order valence-corrected chi connectivity index (χ1v) is 30.8. The molecule has 0 saturated heterocycles. The number of unbranched alkanes of at least 4 members (excludes halogenated alkanes) is 40. The van der Waals surface area contributed by atoms with E-state index in [0.29, 0.717) is 19.3 Å². The van der Waals surface area contributed by atoms with Gasteiger partial charge < -0.3 is 14.2 Å². The lowest BCUT2D eigenvalue weighted by Gasteiger charge is -2.18. The summed E-state index contributed by atoms with van der Waals surface area (Å²) >= 11 is 0. The van der Waals surface area contributed by atoms with Gasteiger partial charge >= 0.3 is 17.9 Å². The van der Waals surface area contributed by atoms with Crippen LogP contribution in [-0.2, 0) is 28.6 Å². The van der Waals surface area contributed by atoms with Gasteiger partial charge in [-0.1, -0.05) is 311 Å². The van der Waals surface area contributed by atoms with Crippen LogP contribution in [-0.4, -0.2) is 37.2 Å². The Hall–Kier alpha value is -1.59. The van der Waals surface area contributed by atoms with E-state index in [1.807, 2.05) is 0 Å². The molecule has 0 aliphatic carbocycles. The predicted molar refractivity (Wildman–Crippen MR) is 293 cm³/mol. The molecule has 2 atom stereocenters. The molecule has 1 unspecified atom stereocenters. The highest BCUT2D eigenvalue weighted by Gasteiger charge is 2.19. The zero-order valence-electron chi connectivity index (χ0n) is 46.7. The average Bonchev–Trinajstić information content (AvgIpc) is 3.32. The van der Waals surface area contributed by atoms with E-state index in [1.165, 1.54) is 238 Å². The molecule has 0 fully saturated rings. The summed E-state index contributed by atoms with van der Waals surface area (Å²) < 4.78 is 16.9. The second-order valence-corrected chi connectivity index (χ2v) is 22.1. The number of ether oxygens (including phenoxy) is 3. The van der Waals surface area contributed by atoms with E-state index in [4.69, 9.17) is 14.2 Å². The lowest BCUT2D eigenvalue weighted by molar-refractivity contribution is -0.167. The van der Waals surface area contributed by atoms with Gasteiger partial charge in [0.05, 0.1) is 0 Å². The molecule has 0 rings (SSSR count). The van der Waals surface area contributed by atoms with Crippen molar-refractivity contribution in [1.82, 2.24) is 0 Å². The largest absolute Gasteiger partial charge is 0.462 e. The Bertz CT molecular complexity index is 1040. The van der Waals surface area contributed by atoms with Gasteiger partial charge in [0, 0.05) is 19.3 Å². The number of hydrogen-bond acceptors (Lipinski definition) is 6. The molecule has 0 aliphatic heterocycles. The molecule has 0 aromatic rings. The molecule has 6 nitrogen and oxygen atoms in total. The summed E-state index contributed by atoms with van der Waals surface area (Å²) in [5.41, 5.74) is 0. The van der Waals surface area contributed by atoms with E-state index in [0.717, 1.165) is 69.6 Å². The fourth-order valence-corrected chi connectivity index (χ4v) is 9.55. The minimum atomic E-state index is -0.762. The number of carbonyl (C=O) groups excluding carboxylic acids is 3. The first kappa shape index (κ1) is 66.4. The van der Waals surface area contributed by atoms with E-state index in [-0.39, 0.29) is 31.1 Å². The molecule has 0 saturated carbocycles.